The van der Waals surface area contributed by atoms with Crippen LogP contribution in [0.15, 0.2) is 0 Å². The Hall–Kier alpha value is -1.59. The molecule has 76 valence electrons. The van der Waals surface area contributed by atoms with Crippen LogP contribution in [-0.2, 0) is 0 Å². The van der Waals surface area contributed by atoms with Gasteiger partial charge >= 0.3 is 0 Å². The number of carbonyl (C=O) groups is 1. The molecule has 1 saturated heterocycles. The fourth-order valence-corrected chi connectivity index (χ4v) is 1.64. The van der Waals surface area contributed by atoms with Crippen LogP contribution in [0.3, 0.4) is 0 Å². The fourth-order valence-electron chi connectivity index (χ4n) is 1.64. The molecule has 2 heterocycles. The first-order valence-electron chi connectivity index (χ1n) is 4.64. The van der Waals surface area contributed by atoms with Crippen LogP contribution in [-0.4, -0.2) is 39.1 Å². The lowest BCUT2D eigenvalue weighted by Gasteiger charge is -2.13. The van der Waals surface area contributed by atoms with Crippen LogP contribution >= 0.6 is 0 Å². The second-order valence-corrected chi connectivity index (χ2v) is 3.69. The summed E-state index contributed by atoms with van der Waals surface area (Å²) in [6.45, 7) is 3.71. The van der Waals surface area contributed by atoms with Crippen LogP contribution in [0, 0.1) is 5.92 Å². The molecule has 0 bridgehead atoms. The van der Waals surface area contributed by atoms with E-state index in [0.717, 1.165) is 19.5 Å². The van der Waals surface area contributed by atoms with Crippen molar-refractivity contribution in [3.8, 4) is 0 Å². The van der Waals surface area contributed by atoms with Crippen LogP contribution in [0.25, 0.3) is 0 Å². The molecular formula is C8H13N5O. The molecule has 1 amide bonds. The van der Waals surface area contributed by atoms with Crippen molar-refractivity contribution in [3.05, 3.63) is 5.82 Å². The Bertz CT molecular complexity index is 347. The van der Waals surface area contributed by atoms with Gasteiger partial charge in [-0.25, -0.2) is 0 Å². The standard InChI is InChI=1S/C8H13N5O/c1-5-2-3-13(4-5)7(14)6-10-8(9)12-11-6/h5H,2-4H2,1H3,(H3,9,10,11,12). The molecule has 6 heteroatoms. The molecule has 1 atom stereocenters. The van der Waals surface area contributed by atoms with Gasteiger partial charge in [-0.2, -0.15) is 4.98 Å². The Morgan fingerprint density at radius 3 is 3.00 bits per heavy atom. The summed E-state index contributed by atoms with van der Waals surface area (Å²) in [5.41, 5.74) is 5.32. The van der Waals surface area contributed by atoms with Crippen molar-refractivity contribution in [2.75, 3.05) is 18.8 Å². The van der Waals surface area contributed by atoms with E-state index in [1.165, 1.54) is 0 Å². The quantitative estimate of drug-likeness (QED) is 0.653. The van der Waals surface area contributed by atoms with E-state index in [4.69, 9.17) is 5.73 Å². The topological polar surface area (TPSA) is 87.9 Å². The van der Waals surface area contributed by atoms with Crippen LogP contribution in [0.2, 0.25) is 0 Å². The van der Waals surface area contributed by atoms with Gasteiger partial charge in [-0.05, 0) is 12.3 Å². The number of amides is 1. The zero-order valence-electron chi connectivity index (χ0n) is 8.03. The third-order valence-electron chi connectivity index (χ3n) is 2.42. The number of aromatic nitrogens is 3. The highest BCUT2D eigenvalue weighted by atomic mass is 16.2. The van der Waals surface area contributed by atoms with E-state index >= 15 is 0 Å². The van der Waals surface area contributed by atoms with Gasteiger partial charge in [0.1, 0.15) is 0 Å². The Labute approximate surface area is 81.5 Å². The molecule has 0 spiro atoms. The van der Waals surface area contributed by atoms with Crippen molar-refractivity contribution < 1.29 is 4.79 Å². The molecule has 3 N–H and O–H groups in total. The molecule has 0 aromatic carbocycles. The number of nitrogens with zero attached hydrogens (tertiary/aromatic N) is 3. The maximum Gasteiger partial charge on any atom is 0.291 e. The molecule has 14 heavy (non-hydrogen) atoms. The molecule has 1 unspecified atom stereocenters. The number of nitrogens with one attached hydrogen (secondary N) is 1. The van der Waals surface area contributed by atoms with Gasteiger partial charge in [-0.3, -0.25) is 9.89 Å². The molecule has 0 saturated carbocycles. The van der Waals surface area contributed by atoms with E-state index in [-0.39, 0.29) is 17.7 Å². The number of aromatic amines is 1. The zero-order valence-corrected chi connectivity index (χ0v) is 8.03. The van der Waals surface area contributed by atoms with E-state index < -0.39 is 0 Å². The minimum atomic E-state index is -0.112. The highest BCUT2D eigenvalue weighted by Gasteiger charge is 2.25. The van der Waals surface area contributed by atoms with Crippen LogP contribution in [0.5, 0.6) is 0 Å². The predicted octanol–water partition coefficient (Wildman–Crippen LogP) is -0.131. The molecule has 0 radical (unpaired) electrons. The van der Waals surface area contributed by atoms with Gasteiger partial charge in [0.05, 0.1) is 0 Å². The second-order valence-electron chi connectivity index (χ2n) is 3.69. The number of rotatable bonds is 1. The van der Waals surface area contributed by atoms with E-state index in [2.05, 4.69) is 22.1 Å². The Morgan fingerprint density at radius 2 is 2.50 bits per heavy atom. The SMILES string of the molecule is CC1CCN(C(=O)c2nc(N)n[nH]2)C1. The lowest BCUT2D eigenvalue weighted by atomic mass is 10.2. The smallest absolute Gasteiger partial charge is 0.291 e. The van der Waals surface area contributed by atoms with Crippen LogP contribution < -0.4 is 5.73 Å². The molecule has 2 rings (SSSR count). The molecule has 1 aromatic rings. The number of hydrogen-bond acceptors (Lipinski definition) is 4. The number of anilines is 1. The Balaban J connectivity index is 2.09. The van der Waals surface area contributed by atoms with Crippen molar-refractivity contribution in [1.82, 2.24) is 20.1 Å². The summed E-state index contributed by atoms with van der Waals surface area (Å²) >= 11 is 0. The van der Waals surface area contributed by atoms with Gasteiger partial charge in [0, 0.05) is 13.1 Å². The normalized spacial score (nSPS) is 21.5. The lowest BCUT2D eigenvalue weighted by molar-refractivity contribution is 0.0776. The summed E-state index contributed by atoms with van der Waals surface area (Å²) in [6.07, 6.45) is 1.05. The largest absolute Gasteiger partial charge is 0.366 e. The predicted molar refractivity (Wildman–Crippen MR) is 50.5 cm³/mol. The van der Waals surface area contributed by atoms with E-state index in [0.29, 0.717) is 5.92 Å². The van der Waals surface area contributed by atoms with Crippen molar-refractivity contribution in [2.45, 2.75) is 13.3 Å². The van der Waals surface area contributed by atoms with Gasteiger partial charge in [-0.1, -0.05) is 6.92 Å². The van der Waals surface area contributed by atoms with Gasteiger partial charge in [0.2, 0.25) is 11.8 Å². The Morgan fingerprint density at radius 1 is 1.71 bits per heavy atom. The van der Waals surface area contributed by atoms with Crippen LogP contribution in [0.4, 0.5) is 5.95 Å². The number of carbonyl (C=O) groups excluding carboxylic acids is 1. The highest BCUT2D eigenvalue weighted by molar-refractivity contribution is 5.90. The minimum Gasteiger partial charge on any atom is -0.366 e. The van der Waals surface area contributed by atoms with Crippen LogP contribution in [0.1, 0.15) is 24.0 Å². The second kappa shape index (κ2) is 3.28. The highest BCUT2D eigenvalue weighted by Crippen LogP contribution is 2.16. The molecule has 6 nitrogen and oxygen atoms in total. The minimum absolute atomic E-state index is 0.112. The van der Waals surface area contributed by atoms with Crippen molar-refractivity contribution >= 4 is 11.9 Å². The molecule has 1 aliphatic rings. The molecule has 1 fully saturated rings. The van der Waals surface area contributed by atoms with Crippen molar-refractivity contribution in [3.63, 3.8) is 0 Å². The maximum absolute atomic E-state index is 11.7. The number of likely N-dealkylation sites (tertiary alicyclic amines) is 1. The third-order valence-corrected chi connectivity index (χ3v) is 2.42. The van der Waals surface area contributed by atoms with Crippen molar-refractivity contribution in [2.24, 2.45) is 5.92 Å². The van der Waals surface area contributed by atoms with Gasteiger partial charge in [0.25, 0.3) is 5.91 Å². The Kier molecular flexibility index (Phi) is 2.11. The molecular weight excluding hydrogens is 182 g/mol. The monoisotopic (exact) mass is 195 g/mol. The van der Waals surface area contributed by atoms with E-state index in [9.17, 15) is 4.79 Å². The maximum atomic E-state index is 11.7. The summed E-state index contributed by atoms with van der Waals surface area (Å²) < 4.78 is 0. The zero-order chi connectivity index (χ0) is 10.1. The first kappa shape index (κ1) is 8.98. The van der Waals surface area contributed by atoms with E-state index in [1.54, 1.807) is 4.90 Å². The first-order chi connectivity index (χ1) is 6.66. The molecule has 1 aromatic heterocycles. The van der Waals surface area contributed by atoms with Gasteiger partial charge in [-0.15, -0.1) is 5.10 Å². The third kappa shape index (κ3) is 1.55. The number of nitrogens with two attached hydrogens (primary N) is 1. The summed E-state index contributed by atoms with van der Waals surface area (Å²) in [7, 11) is 0. The first-order valence-corrected chi connectivity index (χ1v) is 4.64. The summed E-state index contributed by atoms with van der Waals surface area (Å²) in [5, 5.41) is 6.14. The summed E-state index contributed by atoms with van der Waals surface area (Å²) in [5.74, 6) is 0.801. The van der Waals surface area contributed by atoms with Crippen molar-refractivity contribution in [1.29, 1.82) is 0 Å². The summed E-state index contributed by atoms with van der Waals surface area (Å²) in [4.78, 5) is 17.3. The fraction of sp³-hybridized carbons (Fsp3) is 0.625. The molecule has 1 aliphatic heterocycles. The number of hydrogen-bond donors (Lipinski definition) is 2. The lowest BCUT2D eigenvalue weighted by Crippen LogP contribution is -2.29. The number of nitrogen functional groups attached to an aromatic ring is 1. The average molecular weight is 195 g/mol. The van der Waals surface area contributed by atoms with E-state index in [1.807, 2.05) is 0 Å². The summed E-state index contributed by atoms with van der Waals surface area (Å²) in [6, 6.07) is 0. The number of H-pyrrole nitrogens is 1. The molecule has 0 aliphatic carbocycles. The average Bonchev–Trinajstić information content (AvgIpc) is 2.73. The van der Waals surface area contributed by atoms with Gasteiger partial charge in [0.15, 0.2) is 0 Å². The van der Waals surface area contributed by atoms with Gasteiger partial charge < -0.3 is 10.6 Å².